The summed E-state index contributed by atoms with van der Waals surface area (Å²) < 4.78 is 5.29. The number of amides is 2. The summed E-state index contributed by atoms with van der Waals surface area (Å²) in [4.78, 5) is 42.0. The number of carbonyl (C=O) groups is 2. The van der Waals surface area contributed by atoms with Crippen LogP contribution < -0.4 is 14.5 Å². The maximum atomic E-state index is 13.2. The molecule has 2 aliphatic rings. The third-order valence-electron chi connectivity index (χ3n) is 6.10. The molecule has 35 heavy (non-hydrogen) atoms. The minimum Gasteiger partial charge on any atom is -0.497 e. The normalized spacial score (nSPS) is 16.9. The Kier molecular flexibility index (Phi) is 6.41. The van der Waals surface area contributed by atoms with Crippen LogP contribution in [0, 0.1) is 0 Å². The Labute approximate surface area is 208 Å². The molecule has 0 saturated carbocycles. The monoisotopic (exact) mass is 487 g/mol. The molecule has 3 aromatic rings. The number of rotatable bonds is 4. The number of likely N-dealkylation sites (N-methyl/N-ethyl adjacent to an activating group) is 1. The topological polar surface area (TPSA) is 78.9 Å². The Bertz CT molecular complexity index is 1290. The summed E-state index contributed by atoms with van der Waals surface area (Å²) in [5.41, 5.74) is 2.21. The van der Waals surface area contributed by atoms with E-state index in [9.17, 15) is 9.59 Å². The third-order valence-corrected chi connectivity index (χ3v) is 7.17. The zero-order valence-corrected chi connectivity index (χ0v) is 20.4. The second-order valence-electron chi connectivity index (χ2n) is 8.26. The third kappa shape index (κ3) is 4.72. The van der Waals surface area contributed by atoms with Gasteiger partial charge < -0.3 is 19.4 Å². The van der Waals surface area contributed by atoms with Crippen LogP contribution in [0.1, 0.15) is 15.9 Å². The molecule has 1 saturated heterocycles. The summed E-state index contributed by atoms with van der Waals surface area (Å²) in [6.45, 7) is 2.52. The number of aromatic nitrogens is 2. The first-order chi connectivity index (χ1) is 17.0. The zero-order chi connectivity index (χ0) is 24.4. The molecular weight excluding hydrogens is 462 g/mol. The summed E-state index contributed by atoms with van der Waals surface area (Å²) in [6.07, 6.45) is 5.31. The van der Waals surface area contributed by atoms with Crippen LogP contribution in [0.2, 0.25) is 0 Å². The first-order valence-corrected chi connectivity index (χ1v) is 12.1. The molecule has 0 bridgehead atoms. The number of hydrogen-bond acceptors (Lipinski definition) is 7. The predicted octanol–water partition coefficient (Wildman–Crippen LogP) is 3.56. The standard InChI is InChI=1S/C26H25N5O3S/c1-29-21-17-19(24(32)30-11-13-31(14-12-30)26-27-9-4-10-28-26)7-8-22(21)35-23(25(29)33)16-18-5-3-6-20(15-18)34-2/h3-10,15-17H,11-14H2,1-2H3. The Hall–Kier alpha value is -3.85. The number of nitrogens with zero attached hydrogens (tertiary/aromatic N) is 5. The van der Waals surface area contributed by atoms with Crippen LogP contribution in [0.15, 0.2) is 70.7 Å². The molecule has 2 aromatic carbocycles. The van der Waals surface area contributed by atoms with Crippen LogP contribution in [-0.2, 0) is 4.79 Å². The maximum Gasteiger partial charge on any atom is 0.264 e. The molecule has 0 radical (unpaired) electrons. The van der Waals surface area contributed by atoms with Crippen molar-refractivity contribution in [3.05, 3.63) is 77.0 Å². The van der Waals surface area contributed by atoms with E-state index in [1.807, 2.05) is 53.4 Å². The molecule has 2 amide bonds. The van der Waals surface area contributed by atoms with Crippen molar-refractivity contribution in [3.63, 3.8) is 0 Å². The van der Waals surface area contributed by atoms with Crippen LogP contribution in [0.25, 0.3) is 6.08 Å². The fourth-order valence-electron chi connectivity index (χ4n) is 4.16. The number of anilines is 2. The van der Waals surface area contributed by atoms with Gasteiger partial charge in [-0.25, -0.2) is 9.97 Å². The fourth-order valence-corrected chi connectivity index (χ4v) is 5.25. The minimum absolute atomic E-state index is 0.0370. The van der Waals surface area contributed by atoms with Gasteiger partial charge in [-0.05, 0) is 48.0 Å². The first-order valence-electron chi connectivity index (χ1n) is 11.3. The minimum atomic E-state index is -0.105. The Balaban J connectivity index is 1.31. The molecule has 5 rings (SSSR count). The van der Waals surface area contributed by atoms with Crippen molar-refractivity contribution in [2.45, 2.75) is 4.90 Å². The van der Waals surface area contributed by atoms with Crippen LogP contribution in [0.4, 0.5) is 11.6 Å². The molecule has 0 unspecified atom stereocenters. The largest absolute Gasteiger partial charge is 0.497 e. The lowest BCUT2D eigenvalue weighted by Crippen LogP contribution is -2.49. The van der Waals surface area contributed by atoms with Crippen molar-refractivity contribution in [1.82, 2.24) is 14.9 Å². The molecule has 1 aromatic heterocycles. The molecule has 0 aliphatic carbocycles. The molecular formula is C26H25N5O3S. The van der Waals surface area contributed by atoms with E-state index in [1.54, 1.807) is 37.5 Å². The smallest absolute Gasteiger partial charge is 0.264 e. The van der Waals surface area contributed by atoms with Gasteiger partial charge in [-0.2, -0.15) is 0 Å². The van der Waals surface area contributed by atoms with Gasteiger partial charge >= 0.3 is 0 Å². The number of thioether (sulfide) groups is 1. The maximum absolute atomic E-state index is 13.2. The lowest BCUT2D eigenvalue weighted by atomic mass is 10.1. The fraction of sp³-hybridized carbons (Fsp3) is 0.231. The molecule has 3 heterocycles. The van der Waals surface area contributed by atoms with Crippen molar-refractivity contribution >= 4 is 41.3 Å². The summed E-state index contributed by atoms with van der Waals surface area (Å²) in [5, 5.41) is 0. The van der Waals surface area contributed by atoms with Gasteiger partial charge in [0.05, 0.1) is 17.7 Å². The Morgan fingerprint density at radius 1 is 1.03 bits per heavy atom. The molecule has 0 spiro atoms. The van der Waals surface area contributed by atoms with Crippen LogP contribution >= 0.6 is 11.8 Å². The van der Waals surface area contributed by atoms with Crippen molar-refractivity contribution in [2.75, 3.05) is 50.1 Å². The zero-order valence-electron chi connectivity index (χ0n) is 19.5. The summed E-state index contributed by atoms with van der Waals surface area (Å²) in [7, 11) is 3.36. The van der Waals surface area contributed by atoms with Gasteiger partial charge in [0.2, 0.25) is 5.95 Å². The van der Waals surface area contributed by atoms with Crippen LogP contribution in [0.3, 0.4) is 0 Å². The van der Waals surface area contributed by atoms with Crippen molar-refractivity contribution in [1.29, 1.82) is 0 Å². The van der Waals surface area contributed by atoms with Crippen molar-refractivity contribution in [2.24, 2.45) is 0 Å². The molecule has 2 aliphatic heterocycles. The predicted molar refractivity (Wildman–Crippen MR) is 137 cm³/mol. The molecule has 8 nitrogen and oxygen atoms in total. The Morgan fingerprint density at radius 2 is 1.80 bits per heavy atom. The highest BCUT2D eigenvalue weighted by Crippen LogP contribution is 2.42. The summed E-state index contributed by atoms with van der Waals surface area (Å²) in [5.74, 6) is 1.28. The lowest BCUT2D eigenvalue weighted by Gasteiger charge is -2.35. The molecule has 9 heteroatoms. The number of methoxy groups -OCH3 is 1. The van der Waals surface area contributed by atoms with Gasteiger partial charge in [0.1, 0.15) is 5.75 Å². The lowest BCUT2D eigenvalue weighted by molar-refractivity contribution is -0.114. The first kappa shape index (κ1) is 22.9. The van der Waals surface area contributed by atoms with Gasteiger partial charge in [-0.3, -0.25) is 9.59 Å². The summed E-state index contributed by atoms with van der Waals surface area (Å²) >= 11 is 1.41. The molecule has 0 atom stereocenters. The van der Waals surface area contributed by atoms with E-state index in [4.69, 9.17) is 4.74 Å². The molecule has 0 N–H and O–H groups in total. The van der Waals surface area contributed by atoms with Gasteiger partial charge in [0, 0.05) is 56.1 Å². The summed E-state index contributed by atoms with van der Waals surface area (Å²) in [6, 6.07) is 15.0. The van der Waals surface area contributed by atoms with E-state index in [1.165, 1.54) is 11.8 Å². The second-order valence-corrected chi connectivity index (χ2v) is 9.35. The molecule has 1 fully saturated rings. The quantitative estimate of drug-likeness (QED) is 0.521. The Morgan fingerprint density at radius 3 is 2.54 bits per heavy atom. The van der Waals surface area contributed by atoms with Crippen molar-refractivity contribution in [3.8, 4) is 5.75 Å². The van der Waals surface area contributed by atoms with Crippen LogP contribution in [0.5, 0.6) is 5.75 Å². The van der Waals surface area contributed by atoms with Crippen molar-refractivity contribution < 1.29 is 14.3 Å². The number of fused-ring (bicyclic) bond motifs is 1. The number of benzene rings is 2. The van der Waals surface area contributed by atoms with E-state index in [2.05, 4.69) is 14.9 Å². The van der Waals surface area contributed by atoms with Gasteiger partial charge in [0.15, 0.2) is 0 Å². The van der Waals surface area contributed by atoms with Gasteiger partial charge in [-0.1, -0.05) is 23.9 Å². The van der Waals surface area contributed by atoms with E-state index < -0.39 is 0 Å². The van der Waals surface area contributed by atoms with Gasteiger partial charge in [0.25, 0.3) is 11.8 Å². The number of carbonyl (C=O) groups excluding carboxylic acids is 2. The van der Waals surface area contributed by atoms with Gasteiger partial charge in [-0.15, -0.1) is 0 Å². The van der Waals surface area contributed by atoms with E-state index in [0.717, 1.165) is 21.9 Å². The van der Waals surface area contributed by atoms with E-state index in [-0.39, 0.29) is 11.8 Å². The highest BCUT2D eigenvalue weighted by molar-refractivity contribution is 8.04. The number of ether oxygens (including phenoxy) is 1. The number of piperazine rings is 1. The van der Waals surface area contributed by atoms with E-state index >= 15 is 0 Å². The second kappa shape index (κ2) is 9.79. The highest BCUT2D eigenvalue weighted by Gasteiger charge is 2.29. The van der Waals surface area contributed by atoms with Crippen LogP contribution in [-0.4, -0.2) is 67.0 Å². The average Bonchev–Trinajstić information content (AvgIpc) is 2.92. The average molecular weight is 488 g/mol. The highest BCUT2D eigenvalue weighted by atomic mass is 32.2. The molecule has 178 valence electrons. The SMILES string of the molecule is COc1cccc(C=C2Sc3ccc(C(=O)N4CCN(c5ncccn5)CC4)cc3N(C)C2=O)c1. The van der Waals surface area contributed by atoms with E-state index in [0.29, 0.717) is 42.6 Å². The number of hydrogen-bond donors (Lipinski definition) is 0.